The van der Waals surface area contributed by atoms with Crippen LogP contribution < -0.4 is 11.1 Å². The van der Waals surface area contributed by atoms with Crippen LogP contribution in [-0.2, 0) is 0 Å². The first-order valence-corrected chi connectivity index (χ1v) is 6.24. The Morgan fingerprint density at radius 2 is 2.00 bits per heavy atom. The van der Waals surface area contributed by atoms with E-state index in [2.05, 4.69) is 38.2 Å². The van der Waals surface area contributed by atoms with E-state index in [0.29, 0.717) is 22.7 Å². The Morgan fingerprint density at radius 1 is 1.35 bits per heavy atom. The number of nitrogens with one attached hydrogen (secondary N) is 1. The summed E-state index contributed by atoms with van der Waals surface area (Å²) in [6.45, 7) is 5.37. The van der Waals surface area contributed by atoms with Gasteiger partial charge in [-0.25, -0.2) is 0 Å². The summed E-state index contributed by atoms with van der Waals surface area (Å²) in [5.41, 5.74) is 7.31. The van der Waals surface area contributed by atoms with Gasteiger partial charge in [-0.3, -0.25) is 0 Å². The second kappa shape index (κ2) is 6.12. The molecule has 0 saturated carbocycles. The molecular formula is C13H22ClN3. The van der Waals surface area contributed by atoms with E-state index in [1.165, 1.54) is 0 Å². The van der Waals surface area contributed by atoms with Crippen molar-refractivity contribution in [2.75, 3.05) is 31.7 Å². The zero-order valence-electron chi connectivity index (χ0n) is 11.0. The molecule has 0 fully saturated rings. The molecule has 96 valence electrons. The number of hydrogen-bond donors (Lipinski definition) is 2. The molecule has 1 rings (SSSR count). The summed E-state index contributed by atoms with van der Waals surface area (Å²) in [4.78, 5) is 2.17. The predicted octanol–water partition coefficient (Wildman–Crippen LogP) is 2.92. The monoisotopic (exact) mass is 255 g/mol. The number of benzene rings is 1. The minimum absolute atomic E-state index is 0.367. The molecule has 3 N–H and O–H groups in total. The molecule has 1 aromatic rings. The highest BCUT2D eigenvalue weighted by atomic mass is 35.5. The van der Waals surface area contributed by atoms with Crippen LogP contribution in [0.25, 0.3) is 0 Å². The Morgan fingerprint density at radius 3 is 2.47 bits per heavy atom. The molecule has 0 aliphatic carbocycles. The highest BCUT2D eigenvalue weighted by Crippen LogP contribution is 2.25. The number of hydrogen-bond acceptors (Lipinski definition) is 3. The molecule has 0 saturated heterocycles. The first-order chi connectivity index (χ1) is 7.90. The zero-order chi connectivity index (χ0) is 13.0. The zero-order valence-corrected chi connectivity index (χ0v) is 11.8. The van der Waals surface area contributed by atoms with Crippen molar-refractivity contribution < 1.29 is 0 Å². The van der Waals surface area contributed by atoms with Gasteiger partial charge in [-0.05, 0) is 38.2 Å². The third kappa shape index (κ3) is 4.44. The van der Waals surface area contributed by atoms with Crippen LogP contribution in [0.3, 0.4) is 0 Å². The molecule has 0 aliphatic heterocycles. The average molecular weight is 256 g/mol. The van der Waals surface area contributed by atoms with Gasteiger partial charge in [0.1, 0.15) is 0 Å². The van der Waals surface area contributed by atoms with Crippen molar-refractivity contribution in [3.63, 3.8) is 0 Å². The molecule has 0 spiro atoms. The fourth-order valence-corrected chi connectivity index (χ4v) is 1.91. The lowest BCUT2D eigenvalue weighted by atomic mass is 10.0. The average Bonchev–Trinajstić information content (AvgIpc) is 2.19. The van der Waals surface area contributed by atoms with Crippen molar-refractivity contribution in [3.8, 4) is 0 Å². The summed E-state index contributed by atoms with van der Waals surface area (Å²) >= 11 is 6.16. The molecule has 0 aromatic heterocycles. The molecule has 1 atom stereocenters. The van der Waals surface area contributed by atoms with Gasteiger partial charge in [0, 0.05) is 18.3 Å². The highest BCUT2D eigenvalue weighted by Gasteiger charge is 2.15. The Kier molecular flexibility index (Phi) is 5.09. The Hall–Kier alpha value is -0.930. The normalized spacial score (nSPS) is 13.1. The van der Waals surface area contributed by atoms with Crippen LogP contribution >= 0.6 is 11.6 Å². The maximum atomic E-state index is 6.16. The minimum atomic E-state index is 0.367. The van der Waals surface area contributed by atoms with Crippen molar-refractivity contribution in [2.45, 2.75) is 19.9 Å². The third-order valence-corrected chi connectivity index (χ3v) is 3.01. The summed E-state index contributed by atoms with van der Waals surface area (Å²) in [6.07, 6.45) is 0. The molecular weight excluding hydrogens is 234 g/mol. The number of likely N-dealkylation sites (N-methyl/N-ethyl adjacent to an activating group) is 1. The van der Waals surface area contributed by atoms with Gasteiger partial charge in [0.25, 0.3) is 0 Å². The van der Waals surface area contributed by atoms with Crippen molar-refractivity contribution >= 4 is 23.0 Å². The molecule has 0 amide bonds. The molecule has 0 aliphatic rings. The van der Waals surface area contributed by atoms with E-state index in [9.17, 15) is 0 Å². The van der Waals surface area contributed by atoms with Crippen LogP contribution in [-0.4, -0.2) is 31.6 Å². The van der Waals surface area contributed by atoms with Gasteiger partial charge >= 0.3 is 0 Å². The fourth-order valence-electron chi connectivity index (χ4n) is 1.66. The standard InChI is InChI=1S/C13H22ClN3/c1-9(2)13(8-17(3)4)16-12-6-5-10(15)7-11(12)14/h5-7,9,13,16H,8,15H2,1-4H3. The van der Waals surface area contributed by atoms with Gasteiger partial charge in [0.15, 0.2) is 0 Å². The van der Waals surface area contributed by atoms with Crippen molar-refractivity contribution in [1.29, 1.82) is 0 Å². The van der Waals surface area contributed by atoms with Crippen LogP contribution in [0.15, 0.2) is 18.2 Å². The number of nitrogen functional groups attached to an aromatic ring is 1. The lowest BCUT2D eigenvalue weighted by Gasteiger charge is -2.27. The number of anilines is 2. The van der Waals surface area contributed by atoms with E-state index in [1.54, 1.807) is 6.07 Å². The molecule has 3 nitrogen and oxygen atoms in total. The van der Waals surface area contributed by atoms with Crippen molar-refractivity contribution in [1.82, 2.24) is 4.90 Å². The Balaban J connectivity index is 2.78. The lowest BCUT2D eigenvalue weighted by molar-refractivity contribution is 0.344. The van der Waals surface area contributed by atoms with E-state index < -0.39 is 0 Å². The molecule has 17 heavy (non-hydrogen) atoms. The number of rotatable bonds is 5. The second-order valence-electron chi connectivity index (χ2n) is 5.00. The topological polar surface area (TPSA) is 41.3 Å². The Bertz CT molecular complexity index is 364. The lowest BCUT2D eigenvalue weighted by Crippen LogP contribution is -2.36. The molecule has 0 bridgehead atoms. The first kappa shape index (κ1) is 14.1. The Labute approximate surface area is 109 Å². The van der Waals surface area contributed by atoms with Gasteiger partial charge in [-0.2, -0.15) is 0 Å². The summed E-state index contributed by atoms with van der Waals surface area (Å²) in [5, 5.41) is 4.15. The van der Waals surface area contributed by atoms with E-state index >= 15 is 0 Å². The van der Waals surface area contributed by atoms with Crippen molar-refractivity contribution in [3.05, 3.63) is 23.2 Å². The van der Waals surface area contributed by atoms with Gasteiger partial charge in [-0.15, -0.1) is 0 Å². The summed E-state index contributed by atoms with van der Waals surface area (Å²) in [7, 11) is 4.14. The van der Waals surface area contributed by atoms with E-state index in [0.717, 1.165) is 12.2 Å². The maximum Gasteiger partial charge on any atom is 0.0658 e. The van der Waals surface area contributed by atoms with Crippen LogP contribution in [0.2, 0.25) is 5.02 Å². The molecule has 0 radical (unpaired) electrons. The van der Waals surface area contributed by atoms with Gasteiger partial charge in [-0.1, -0.05) is 25.4 Å². The highest BCUT2D eigenvalue weighted by molar-refractivity contribution is 6.33. The van der Waals surface area contributed by atoms with Crippen molar-refractivity contribution in [2.24, 2.45) is 5.92 Å². The maximum absolute atomic E-state index is 6.16. The number of halogens is 1. The van der Waals surface area contributed by atoms with Gasteiger partial charge in [0.05, 0.1) is 10.7 Å². The second-order valence-corrected chi connectivity index (χ2v) is 5.40. The summed E-state index contributed by atoms with van der Waals surface area (Å²) in [5.74, 6) is 0.533. The quantitative estimate of drug-likeness (QED) is 0.795. The van der Waals surface area contributed by atoms with Gasteiger partial charge in [0.2, 0.25) is 0 Å². The number of nitrogens with two attached hydrogens (primary N) is 1. The largest absolute Gasteiger partial charge is 0.399 e. The smallest absolute Gasteiger partial charge is 0.0658 e. The third-order valence-electron chi connectivity index (χ3n) is 2.70. The minimum Gasteiger partial charge on any atom is -0.399 e. The SMILES string of the molecule is CC(C)C(CN(C)C)Nc1ccc(N)cc1Cl. The van der Waals surface area contributed by atoms with Crippen LogP contribution in [0.5, 0.6) is 0 Å². The van der Waals surface area contributed by atoms with Gasteiger partial charge < -0.3 is 16.0 Å². The van der Waals surface area contributed by atoms with E-state index in [4.69, 9.17) is 17.3 Å². The fraction of sp³-hybridized carbons (Fsp3) is 0.538. The van der Waals surface area contributed by atoms with Crippen LogP contribution in [0, 0.1) is 5.92 Å². The van der Waals surface area contributed by atoms with Crippen LogP contribution in [0.4, 0.5) is 11.4 Å². The van der Waals surface area contributed by atoms with E-state index in [1.807, 2.05) is 12.1 Å². The summed E-state index contributed by atoms with van der Waals surface area (Å²) in [6, 6.07) is 5.94. The molecule has 1 unspecified atom stereocenters. The predicted molar refractivity (Wildman–Crippen MR) is 76.7 cm³/mol. The molecule has 1 aromatic carbocycles. The summed E-state index contributed by atoms with van der Waals surface area (Å²) < 4.78 is 0. The molecule has 4 heteroatoms. The van der Waals surface area contributed by atoms with E-state index in [-0.39, 0.29) is 0 Å². The van der Waals surface area contributed by atoms with Crippen LogP contribution in [0.1, 0.15) is 13.8 Å². The number of nitrogens with zero attached hydrogens (tertiary/aromatic N) is 1. The molecule has 0 heterocycles. The first-order valence-electron chi connectivity index (χ1n) is 5.86.